The fourth-order valence-electron chi connectivity index (χ4n) is 4.02. The van der Waals surface area contributed by atoms with Crippen molar-refractivity contribution in [1.82, 2.24) is 4.90 Å². The molecule has 148 valence electrons. The van der Waals surface area contributed by atoms with Crippen LogP contribution in [0, 0.1) is 0 Å². The van der Waals surface area contributed by atoms with Crippen LogP contribution in [0.3, 0.4) is 0 Å². The molecule has 2 heterocycles. The van der Waals surface area contributed by atoms with Crippen LogP contribution in [-0.2, 0) is 11.2 Å². The second kappa shape index (κ2) is 9.11. The maximum Gasteiger partial charge on any atom is 0.224 e. The number of carbonyl (C=O) groups is 1. The van der Waals surface area contributed by atoms with Crippen LogP contribution in [-0.4, -0.2) is 50.1 Å². The van der Waals surface area contributed by atoms with Gasteiger partial charge in [0.2, 0.25) is 5.91 Å². The van der Waals surface area contributed by atoms with E-state index in [1.165, 1.54) is 17.7 Å². The first kappa shape index (κ1) is 18.8. The maximum absolute atomic E-state index is 11.4. The summed E-state index contributed by atoms with van der Waals surface area (Å²) >= 11 is 0. The number of fused-ring (bicyclic) bond motifs is 1. The Hall–Kier alpha value is -2.53. The van der Waals surface area contributed by atoms with Gasteiger partial charge in [-0.05, 0) is 61.7 Å². The van der Waals surface area contributed by atoms with Gasteiger partial charge in [0.1, 0.15) is 5.75 Å². The van der Waals surface area contributed by atoms with Gasteiger partial charge in [-0.15, -0.1) is 0 Å². The summed E-state index contributed by atoms with van der Waals surface area (Å²) in [6, 6.07) is 16.7. The lowest BCUT2D eigenvalue weighted by molar-refractivity contribution is -0.116. The number of para-hydroxylation sites is 1. The summed E-state index contributed by atoms with van der Waals surface area (Å²) in [5.74, 6) is 1.01. The highest BCUT2D eigenvalue weighted by molar-refractivity contribution is 5.93. The van der Waals surface area contributed by atoms with Crippen LogP contribution in [0.25, 0.3) is 0 Å². The second-order valence-electron chi connectivity index (χ2n) is 7.59. The molecule has 1 saturated heterocycles. The van der Waals surface area contributed by atoms with Gasteiger partial charge >= 0.3 is 0 Å². The predicted molar refractivity (Wildman–Crippen MR) is 113 cm³/mol. The molecule has 0 spiro atoms. The summed E-state index contributed by atoms with van der Waals surface area (Å²) < 4.78 is 5.96. The first-order valence-electron chi connectivity index (χ1n) is 10.4. The van der Waals surface area contributed by atoms with E-state index in [4.69, 9.17) is 4.74 Å². The van der Waals surface area contributed by atoms with E-state index < -0.39 is 0 Å². The SMILES string of the molecule is O=C1CCc2cc(OCCCN3CCCN(c4ccccc4)CC3)ccc2N1. The number of amides is 1. The maximum atomic E-state index is 11.4. The lowest BCUT2D eigenvalue weighted by Crippen LogP contribution is -2.31. The minimum Gasteiger partial charge on any atom is -0.494 e. The van der Waals surface area contributed by atoms with Crippen LogP contribution in [0.15, 0.2) is 48.5 Å². The van der Waals surface area contributed by atoms with Crippen LogP contribution in [0.1, 0.15) is 24.8 Å². The second-order valence-corrected chi connectivity index (χ2v) is 7.59. The molecule has 2 aliphatic heterocycles. The van der Waals surface area contributed by atoms with Gasteiger partial charge in [-0.3, -0.25) is 4.79 Å². The molecule has 0 saturated carbocycles. The van der Waals surface area contributed by atoms with Gasteiger partial charge in [-0.2, -0.15) is 0 Å². The monoisotopic (exact) mass is 379 g/mol. The van der Waals surface area contributed by atoms with Gasteiger partial charge in [0, 0.05) is 44.0 Å². The number of nitrogens with one attached hydrogen (secondary N) is 1. The van der Waals surface area contributed by atoms with Gasteiger partial charge in [0.15, 0.2) is 0 Å². The summed E-state index contributed by atoms with van der Waals surface area (Å²) in [5, 5.41) is 2.91. The molecule has 0 atom stereocenters. The predicted octanol–water partition coefficient (Wildman–Crippen LogP) is 3.55. The van der Waals surface area contributed by atoms with Crippen molar-refractivity contribution in [2.45, 2.75) is 25.7 Å². The van der Waals surface area contributed by atoms with Crippen molar-refractivity contribution in [3.8, 4) is 5.75 Å². The number of hydrogen-bond acceptors (Lipinski definition) is 4. The molecular weight excluding hydrogens is 350 g/mol. The van der Waals surface area contributed by atoms with Crippen molar-refractivity contribution >= 4 is 17.3 Å². The zero-order valence-electron chi connectivity index (χ0n) is 16.4. The quantitative estimate of drug-likeness (QED) is 0.780. The summed E-state index contributed by atoms with van der Waals surface area (Å²) in [4.78, 5) is 16.5. The fraction of sp³-hybridized carbons (Fsp3) is 0.435. The molecule has 1 fully saturated rings. The molecule has 1 amide bonds. The molecular formula is C23H29N3O2. The molecule has 4 rings (SSSR count). The highest BCUT2D eigenvalue weighted by Crippen LogP contribution is 2.26. The largest absolute Gasteiger partial charge is 0.494 e. The first-order valence-corrected chi connectivity index (χ1v) is 10.4. The highest BCUT2D eigenvalue weighted by atomic mass is 16.5. The van der Waals surface area contributed by atoms with Gasteiger partial charge < -0.3 is 19.9 Å². The molecule has 28 heavy (non-hydrogen) atoms. The summed E-state index contributed by atoms with van der Waals surface area (Å²) in [6.45, 7) is 6.27. The minimum absolute atomic E-state index is 0.101. The van der Waals surface area contributed by atoms with E-state index in [1.54, 1.807) is 0 Å². The highest BCUT2D eigenvalue weighted by Gasteiger charge is 2.16. The van der Waals surface area contributed by atoms with Gasteiger partial charge in [-0.1, -0.05) is 18.2 Å². The van der Waals surface area contributed by atoms with Crippen molar-refractivity contribution in [3.63, 3.8) is 0 Å². The number of ether oxygens (including phenoxy) is 1. The average molecular weight is 380 g/mol. The average Bonchev–Trinajstić information content (AvgIpc) is 2.98. The van der Waals surface area contributed by atoms with Crippen LogP contribution in [0.2, 0.25) is 0 Å². The number of anilines is 2. The van der Waals surface area contributed by atoms with Gasteiger partial charge in [0.05, 0.1) is 6.61 Å². The van der Waals surface area contributed by atoms with Crippen molar-refractivity contribution in [2.24, 2.45) is 0 Å². The van der Waals surface area contributed by atoms with E-state index in [2.05, 4.69) is 51.5 Å². The van der Waals surface area contributed by atoms with Crippen LogP contribution < -0.4 is 15.0 Å². The molecule has 2 aliphatic rings. The van der Waals surface area contributed by atoms with E-state index >= 15 is 0 Å². The number of rotatable bonds is 6. The Morgan fingerprint density at radius 3 is 2.75 bits per heavy atom. The van der Waals surface area contributed by atoms with E-state index in [-0.39, 0.29) is 5.91 Å². The number of carbonyl (C=O) groups excluding carboxylic acids is 1. The fourth-order valence-corrected chi connectivity index (χ4v) is 4.02. The van der Waals surface area contributed by atoms with E-state index in [0.29, 0.717) is 6.42 Å². The minimum atomic E-state index is 0.101. The Morgan fingerprint density at radius 1 is 0.964 bits per heavy atom. The van der Waals surface area contributed by atoms with Gasteiger partial charge in [0.25, 0.3) is 0 Å². The first-order chi connectivity index (χ1) is 13.8. The molecule has 0 aromatic heterocycles. The van der Waals surface area contributed by atoms with E-state index in [0.717, 1.165) is 63.6 Å². The Kier molecular flexibility index (Phi) is 6.12. The summed E-state index contributed by atoms with van der Waals surface area (Å²) in [7, 11) is 0. The lowest BCUT2D eigenvalue weighted by Gasteiger charge is -2.23. The summed E-state index contributed by atoms with van der Waals surface area (Å²) in [6.07, 6.45) is 3.58. The molecule has 0 bridgehead atoms. The molecule has 0 radical (unpaired) electrons. The van der Waals surface area contributed by atoms with E-state index in [1.807, 2.05) is 12.1 Å². The molecule has 0 aliphatic carbocycles. The van der Waals surface area contributed by atoms with Crippen LogP contribution in [0.5, 0.6) is 5.75 Å². The summed E-state index contributed by atoms with van der Waals surface area (Å²) in [5.41, 5.74) is 3.43. The number of nitrogens with zero attached hydrogens (tertiary/aromatic N) is 2. The Balaban J connectivity index is 1.20. The van der Waals surface area contributed by atoms with Crippen molar-refractivity contribution in [3.05, 3.63) is 54.1 Å². The number of benzene rings is 2. The molecule has 5 heteroatoms. The molecule has 0 unspecified atom stereocenters. The van der Waals surface area contributed by atoms with Crippen molar-refractivity contribution in [2.75, 3.05) is 49.5 Å². The van der Waals surface area contributed by atoms with Crippen LogP contribution in [0.4, 0.5) is 11.4 Å². The number of aryl methyl sites for hydroxylation is 1. The van der Waals surface area contributed by atoms with E-state index in [9.17, 15) is 4.79 Å². The topological polar surface area (TPSA) is 44.8 Å². The molecule has 5 nitrogen and oxygen atoms in total. The Morgan fingerprint density at radius 2 is 1.86 bits per heavy atom. The Bertz CT molecular complexity index is 794. The zero-order valence-corrected chi connectivity index (χ0v) is 16.4. The third-order valence-corrected chi connectivity index (χ3v) is 5.57. The zero-order chi connectivity index (χ0) is 19.2. The standard InChI is InChI=1S/C23H29N3O2/c27-23-11-8-19-18-21(9-10-22(19)24-23)28-17-5-13-25-12-4-14-26(16-15-25)20-6-2-1-3-7-20/h1-3,6-7,9-10,18H,4-5,8,11-17H2,(H,24,27). The van der Waals surface area contributed by atoms with Crippen molar-refractivity contribution < 1.29 is 9.53 Å². The normalized spacial score (nSPS) is 17.6. The molecule has 2 aromatic rings. The number of hydrogen-bond donors (Lipinski definition) is 1. The third-order valence-electron chi connectivity index (χ3n) is 5.57. The third kappa shape index (κ3) is 4.84. The lowest BCUT2D eigenvalue weighted by atomic mass is 10.0. The molecule has 1 N–H and O–H groups in total. The van der Waals surface area contributed by atoms with Crippen molar-refractivity contribution in [1.29, 1.82) is 0 Å². The smallest absolute Gasteiger partial charge is 0.224 e. The Labute approximate surface area is 167 Å². The molecule has 2 aromatic carbocycles. The van der Waals surface area contributed by atoms with Crippen LogP contribution >= 0.6 is 0 Å². The van der Waals surface area contributed by atoms with Gasteiger partial charge in [-0.25, -0.2) is 0 Å².